The van der Waals surface area contributed by atoms with Crippen molar-refractivity contribution in [3.8, 4) is 5.75 Å². The highest BCUT2D eigenvalue weighted by Gasteiger charge is 2.26. The Kier molecular flexibility index (Phi) is 5.69. The number of rotatable bonds is 4. The molecule has 0 amide bonds. The molecule has 19 heavy (non-hydrogen) atoms. The minimum Gasteiger partial charge on any atom is -0.485 e. The number of benzene rings is 1. The van der Waals surface area contributed by atoms with E-state index in [1.165, 1.54) is 5.56 Å². The van der Waals surface area contributed by atoms with E-state index >= 15 is 0 Å². The summed E-state index contributed by atoms with van der Waals surface area (Å²) in [5.41, 5.74) is 1.18. The fourth-order valence-electron chi connectivity index (χ4n) is 2.40. The van der Waals surface area contributed by atoms with Crippen molar-refractivity contribution in [3.63, 3.8) is 0 Å². The van der Waals surface area contributed by atoms with E-state index in [1.54, 1.807) is 0 Å². The highest BCUT2D eigenvalue weighted by molar-refractivity contribution is 9.11. The van der Waals surface area contributed by atoms with Crippen molar-refractivity contribution >= 4 is 31.9 Å². The van der Waals surface area contributed by atoms with Crippen LogP contribution in [0.4, 0.5) is 0 Å². The van der Waals surface area contributed by atoms with Crippen LogP contribution in [0.1, 0.15) is 31.2 Å². The van der Waals surface area contributed by atoms with Gasteiger partial charge in [-0.3, -0.25) is 0 Å². The van der Waals surface area contributed by atoms with Crippen molar-refractivity contribution in [1.82, 2.24) is 5.32 Å². The van der Waals surface area contributed by atoms with Crippen molar-refractivity contribution in [2.75, 3.05) is 7.05 Å². The third-order valence-electron chi connectivity index (χ3n) is 3.38. The second-order valence-corrected chi connectivity index (χ2v) is 6.64. The molecule has 1 fully saturated rings. The van der Waals surface area contributed by atoms with E-state index < -0.39 is 0 Å². The highest BCUT2D eigenvalue weighted by Crippen LogP contribution is 2.37. The first-order valence-corrected chi connectivity index (χ1v) is 8.17. The van der Waals surface area contributed by atoms with Gasteiger partial charge >= 0.3 is 0 Å². The Morgan fingerprint density at radius 2 is 1.89 bits per heavy atom. The van der Waals surface area contributed by atoms with Crippen LogP contribution in [0.15, 0.2) is 21.1 Å². The number of halogens is 2. The summed E-state index contributed by atoms with van der Waals surface area (Å²) >= 11 is 7.10. The Morgan fingerprint density at radius 3 is 2.47 bits per heavy atom. The van der Waals surface area contributed by atoms with Crippen molar-refractivity contribution in [2.45, 2.75) is 44.4 Å². The molecule has 2 unspecified atom stereocenters. The third-order valence-corrected chi connectivity index (χ3v) is 4.55. The van der Waals surface area contributed by atoms with E-state index in [9.17, 15) is 5.11 Å². The minimum absolute atomic E-state index is 0.100. The molecule has 1 aliphatic carbocycles. The molecular formula is C14H19Br2NO2. The lowest BCUT2D eigenvalue weighted by molar-refractivity contribution is 0.00608. The Hall–Kier alpha value is -0.100. The zero-order valence-electron chi connectivity index (χ0n) is 11.0. The SMILES string of the molecule is CNCc1cc(Br)c(OC2CCCCC2O)c(Br)c1. The first kappa shape index (κ1) is 15.3. The van der Waals surface area contributed by atoms with Crippen LogP contribution < -0.4 is 10.1 Å². The average Bonchev–Trinajstić information content (AvgIpc) is 2.36. The number of aliphatic hydroxyl groups is 1. The Labute approximate surface area is 131 Å². The van der Waals surface area contributed by atoms with E-state index in [2.05, 4.69) is 37.2 Å². The minimum atomic E-state index is -0.357. The molecule has 106 valence electrons. The summed E-state index contributed by atoms with van der Waals surface area (Å²) in [7, 11) is 1.92. The largest absolute Gasteiger partial charge is 0.485 e. The molecule has 0 spiro atoms. The smallest absolute Gasteiger partial charge is 0.148 e. The predicted octanol–water partition coefficient (Wildman–Crippen LogP) is 3.61. The molecule has 2 rings (SSSR count). The third kappa shape index (κ3) is 3.94. The molecule has 5 heteroatoms. The zero-order chi connectivity index (χ0) is 13.8. The fourth-order valence-corrected chi connectivity index (χ4v) is 3.87. The standard InChI is InChI=1S/C14H19Br2NO2/c1-17-8-9-6-10(15)14(11(16)7-9)19-13-5-3-2-4-12(13)18/h6-7,12-13,17-18H,2-5,8H2,1H3. The number of hydrogen-bond acceptors (Lipinski definition) is 3. The normalized spacial score (nSPS) is 23.4. The number of aliphatic hydroxyl groups excluding tert-OH is 1. The lowest BCUT2D eigenvalue weighted by Crippen LogP contribution is -2.34. The van der Waals surface area contributed by atoms with Gasteiger partial charge in [0, 0.05) is 6.54 Å². The Morgan fingerprint density at radius 1 is 1.26 bits per heavy atom. The van der Waals surface area contributed by atoms with Crippen LogP contribution in [0.5, 0.6) is 5.75 Å². The lowest BCUT2D eigenvalue weighted by atomic mass is 9.95. The molecule has 0 heterocycles. The topological polar surface area (TPSA) is 41.5 Å². The average molecular weight is 393 g/mol. The van der Waals surface area contributed by atoms with Crippen molar-refractivity contribution in [2.24, 2.45) is 0 Å². The summed E-state index contributed by atoms with van der Waals surface area (Å²) in [4.78, 5) is 0. The Bertz CT molecular complexity index is 416. The molecule has 3 nitrogen and oxygen atoms in total. The summed E-state index contributed by atoms with van der Waals surface area (Å²) in [5.74, 6) is 0.783. The molecule has 1 aromatic rings. The molecule has 1 aliphatic rings. The van der Waals surface area contributed by atoms with E-state index in [0.717, 1.165) is 46.9 Å². The van der Waals surface area contributed by atoms with Gasteiger partial charge in [-0.2, -0.15) is 0 Å². The monoisotopic (exact) mass is 391 g/mol. The van der Waals surface area contributed by atoms with Gasteiger partial charge in [-0.15, -0.1) is 0 Å². The summed E-state index contributed by atoms with van der Waals surface area (Å²) in [6.45, 7) is 0.809. The molecular weight excluding hydrogens is 374 g/mol. The zero-order valence-corrected chi connectivity index (χ0v) is 14.1. The lowest BCUT2D eigenvalue weighted by Gasteiger charge is -2.29. The van der Waals surface area contributed by atoms with E-state index in [1.807, 2.05) is 19.2 Å². The summed E-state index contributed by atoms with van der Waals surface area (Å²) in [5, 5.41) is 13.1. The van der Waals surface area contributed by atoms with Gasteiger partial charge in [0.1, 0.15) is 11.9 Å². The van der Waals surface area contributed by atoms with Crippen LogP contribution in [0.3, 0.4) is 0 Å². The van der Waals surface area contributed by atoms with Gasteiger partial charge in [-0.25, -0.2) is 0 Å². The second-order valence-electron chi connectivity index (χ2n) is 4.93. The van der Waals surface area contributed by atoms with Crippen LogP contribution in [-0.2, 0) is 6.54 Å². The maximum absolute atomic E-state index is 9.99. The van der Waals surface area contributed by atoms with Crippen molar-refractivity contribution in [1.29, 1.82) is 0 Å². The number of nitrogens with one attached hydrogen (secondary N) is 1. The van der Waals surface area contributed by atoms with Crippen LogP contribution in [-0.4, -0.2) is 24.4 Å². The maximum Gasteiger partial charge on any atom is 0.148 e. The molecule has 0 aromatic heterocycles. The summed E-state index contributed by atoms with van der Waals surface area (Å²) < 4.78 is 7.84. The van der Waals surface area contributed by atoms with Crippen LogP contribution in [0.2, 0.25) is 0 Å². The van der Waals surface area contributed by atoms with Gasteiger partial charge in [0.2, 0.25) is 0 Å². The van der Waals surface area contributed by atoms with Gasteiger partial charge < -0.3 is 15.2 Å². The maximum atomic E-state index is 9.99. The van der Waals surface area contributed by atoms with Gasteiger partial charge in [0.15, 0.2) is 0 Å². The highest BCUT2D eigenvalue weighted by atomic mass is 79.9. The molecule has 0 saturated heterocycles. The number of hydrogen-bond donors (Lipinski definition) is 2. The molecule has 0 aliphatic heterocycles. The van der Waals surface area contributed by atoms with E-state index in [4.69, 9.17) is 4.74 Å². The van der Waals surface area contributed by atoms with Gasteiger partial charge in [0.25, 0.3) is 0 Å². The van der Waals surface area contributed by atoms with Crippen molar-refractivity contribution in [3.05, 3.63) is 26.6 Å². The molecule has 2 atom stereocenters. The molecule has 2 N–H and O–H groups in total. The van der Waals surface area contributed by atoms with Gasteiger partial charge in [0.05, 0.1) is 15.0 Å². The van der Waals surface area contributed by atoms with E-state index in [-0.39, 0.29) is 12.2 Å². The quantitative estimate of drug-likeness (QED) is 0.822. The molecule has 0 bridgehead atoms. The van der Waals surface area contributed by atoms with E-state index in [0.29, 0.717) is 0 Å². The van der Waals surface area contributed by atoms with Gasteiger partial charge in [-0.1, -0.05) is 6.42 Å². The first-order valence-electron chi connectivity index (χ1n) is 6.59. The Balaban J connectivity index is 2.15. The molecule has 1 saturated carbocycles. The van der Waals surface area contributed by atoms with Gasteiger partial charge in [-0.05, 0) is 75.9 Å². The summed E-state index contributed by atoms with van der Waals surface area (Å²) in [6.07, 6.45) is 3.50. The van der Waals surface area contributed by atoms with Crippen LogP contribution >= 0.6 is 31.9 Å². The number of ether oxygens (including phenoxy) is 1. The van der Waals surface area contributed by atoms with Crippen LogP contribution in [0, 0.1) is 0 Å². The molecule has 1 aromatic carbocycles. The van der Waals surface area contributed by atoms with Crippen molar-refractivity contribution < 1.29 is 9.84 Å². The fraction of sp³-hybridized carbons (Fsp3) is 0.571. The predicted molar refractivity (Wildman–Crippen MR) is 83.5 cm³/mol. The molecule has 0 radical (unpaired) electrons. The van der Waals surface area contributed by atoms with Crippen LogP contribution in [0.25, 0.3) is 0 Å². The second kappa shape index (κ2) is 7.07. The first-order chi connectivity index (χ1) is 9.11. The summed E-state index contributed by atoms with van der Waals surface area (Å²) in [6, 6.07) is 4.09.